The van der Waals surface area contributed by atoms with Gasteiger partial charge in [0.2, 0.25) is 5.91 Å². The standard InChI is InChI=1S/C16H18F3N5OS/c1-10(25)23-15-22-6-13(26-15)9-24-3-2-11(8-24)4-12-5-21-14(7-20-12)16(17,18)19/h5-7,11H,2-4,8-9H2,1H3,(H,22,23,25). The Bertz CT molecular complexity index is 762. The van der Waals surface area contributed by atoms with Crippen LogP contribution >= 0.6 is 11.3 Å². The molecule has 1 atom stereocenters. The molecule has 0 spiro atoms. The molecule has 1 aliphatic rings. The Morgan fingerprint density at radius 3 is 2.77 bits per heavy atom. The number of amides is 1. The number of likely N-dealkylation sites (tertiary alicyclic amines) is 1. The third kappa shape index (κ3) is 4.98. The molecule has 1 amide bonds. The maximum atomic E-state index is 12.5. The summed E-state index contributed by atoms with van der Waals surface area (Å²) in [4.78, 5) is 25.9. The number of carbonyl (C=O) groups excluding carboxylic acids is 1. The van der Waals surface area contributed by atoms with Crippen LogP contribution in [0.15, 0.2) is 18.6 Å². The first-order chi connectivity index (χ1) is 12.3. The highest BCUT2D eigenvalue weighted by molar-refractivity contribution is 7.15. The second-order valence-corrected chi connectivity index (χ2v) is 7.41. The van der Waals surface area contributed by atoms with Crippen molar-refractivity contribution in [3.05, 3.63) is 34.9 Å². The molecule has 1 aliphatic heterocycles. The average Bonchev–Trinajstić information content (AvgIpc) is 3.16. The molecule has 0 aromatic carbocycles. The molecule has 0 aliphatic carbocycles. The van der Waals surface area contributed by atoms with Gasteiger partial charge in [0.15, 0.2) is 10.8 Å². The summed E-state index contributed by atoms with van der Waals surface area (Å²) in [6, 6.07) is 0. The number of nitrogens with zero attached hydrogens (tertiary/aromatic N) is 4. The molecule has 0 saturated carbocycles. The van der Waals surface area contributed by atoms with Crippen molar-refractivity contribution in [1.82, 2.24) is 19.9 Å². The van der Waals surface area contributed by atoms with Crippen LogP contribution in [-0.4, -0.2) is 38.8 Å². The molecule has 1 N–H and O–H groups in total. The van der Waals surface area contributed by atoms with Gasteiger partial charge in [-0.2, -0.15) is 13.2 Å². The molecule has 1 fully saturated rings. The van der Waals surface area contributed by atoms with Crippen LogP contribution in [0.2, 0.25) is 0 Å². The van der Waals surface area contributed by atoms with E-state index in [-0.39, 0.29) is 5.91 Å². The molecular formula is C16H18F3N5OS. The lowest BCUT2D eigenvalue weighted by molar-refractivity contribution is -0.141. The van der Waals surface area contributed by atoms with Crippen molar-refractivity contribution in [2.45, 2.75) is 32.5 Å². The third-order valence-electron chi connectivity index (χ3n) is 4.08. The van der Waals surface area contributed by atoms with Gasteiger partial charge in [0.05, 0.1) is 11.9 Å². The fraction of sp³-hybridized carbons (Fsp3) is 0.500. The lowest BCUT2D eigenvalue weighted by Gasteiger charge is -2.14. The zero-order valence-corrected chi connectivity index (χ0v) is 14.9. The number of carbonyl (C=O) groups is 1. The lowest BCUT2D eigenvalue weighted by atomic mass is 10.0. The second kappa shape index (κ2) is 7.67. The fourth-order valence-electron chi connectivity index (χ4n) is 2.93. The zero-order valence-electron chi connectivity index (χ0n) is 14.1. The quantitative estimate of drug-likeness (QED) is 0.857. The van der Waals surface area contributed by atoms with E-state index in [0.29, 0.717) is 23.2 Å². The highest BCUT2D eigenvalue weighted by Crippen LogP contribution is 2.28. The number of halogens is 3. The van der Waals surface area contributed by atoms with E-state index in [4.69, 9.17) is 0 Å². The molecule has 140 valence electrons. The van der Waals surface area contributed by atoms with E-state index in [2.05, 4.69) is 25.2 Å². The Balaban J connectivity index is 1.51. The third-order valence-corrected chi connectivity index (χ3v) is 4.98. The van der Waals surface area contributed by atoms with Gasteiger partial charge in [-0.15, -0.1) is 11.3 Å². The van der Waals surface area contributed by atoms with Crippen molar-refractivity contribution in [3.8, 4) is 0 Å². The predicted molar refractivity (Wildman–Crippen MR) is 90.5 cm³/mol. The van der Waals surface area contributed by atoms with Crippen LogP contribution in [0.3, 0.4) is 0 Å². The summed E-state index contributed by atoms with van der Waals surface area (Å²) in [5, 5.41) is 3.25. The van der Waals surface area contributed by atoms with E-state index >= 15 is 0 Å². The van der Waals surface area contributed by atoms with Gasteiger partial charge in [0, 0.05) is 37.3 Å². The van der Waals surface area contributed by atoms with Crippen molar-refractivity contribution < 1.29 is 18.0 Å². The highest BCUT2D eigenvalue weighted by Gasteiger charge is 2.33. The van der Waals surface area contributed by atoms with Crippen LogP contribution in [0.25, 0.3) is 0 Å². The van der Waals surface area contributed by atoms with Crippen molar-refractivity contribution in [1.29, 1.82) is 0 Å². The molecule has 0 bridgehead atoms. The van der Waals surface area contributed by atoms with Gasteiger partial charge in [-0.3, -0.25) is 14.7 Å². The molecule has 26 heavy (non-hydrogen) atoms. The summed E-state index contributed by atoms with van der Waals surface area (Å²) < 4.78 is 37.6. The van der Waals surface area contributed by atoms with Crippen LogP contribution < -0.4 is 5.32 Å². The number of hydrogen-bond donors (Lipinski definition) is 1. The second-order valence-electron chi connectivity index (χ2n) is 6.30. The minimum absolute atomic E-state index is 0.148. The molecule has 3 rings (SSSR count). The van der Waals surface area contributed by atoms with Crippen LogP contribution in [0, 0.1) is 5.92 Å². The zero-order chi connectivity index (χ0) is 18.7. The van der Waals surface area contributed by atoms with Gasteiger partial charge in [-0.1, -0.05) is 0 Å². The first kappa shape index (κ1) is 18.7. The summed E-state index contributed by atoms with van der Waals surface area (Å²) >= 11 is 1.44. The number of nitrogens with one attached hydrogen (secondary N) is 1. The van der Waals surface area contributed by atoms with Crippen molar-refractivity contribution in [3.63, 3.8) is 0 Å². The molecule has 2 aromatic heterocycles. The molecular weight excluding hydrogens is 367 g/mol. The minimum atomic E-state index is -4.46. The smallest absolute Gasteiger partial charge is 0.302 e. The largest absolute Gasteiger partial charge is 0.434 e. The van der Waals surface area contributed by atoms with Crippen LogP contribution in [0.4, 0.5) is 18.3 Å². The minimum Gasteiger partial charge on any atom is -0.302 e. The number of alkyl halides is 3. The Hall–Kier alpha value is -2.07. The van der Waals surface area contributed by atoms with Crippen LogP contribution in [-0.2, 0) is 23.9 Å². The topological polar surface area (TPSA) is 71.0 Å². The predicted octanol–water partition coefficient (Wildman–Crippen LogP) is 2.97. The van der Waals surface area contributed by atoms with E-state index in [9.17, 15) is 18.0 Å². The molecule has 1 unspecified atom stereocenters. The number of thiazole rings is 1. The molecule has 6 nitrogen and oxygen atoms in total. The Morgan fingerprint density at radius 1 is 1.31 bits per heavy atom. The molecule has 1 saturated heterocycles. The summed E-state index contributed by atoms with van der Waals surface area (Å²) in [7, 11) is 0. The van der Waals surface area contributed by atoms with Crippen molar-refractivity contribution in [2.75, 3.05) is 18.4 Å². The van der Waals surface area contributed by atoms with Gasteiger partial charge in [0.25, 0.3) is 0 Å². The van der Waals surface area contributed by atoms with Gasteiger partial charge in [0.1, 0.15) is 0 Å². The number of rotatable bonds is 5. The fourth-order valence-corrected chi connectivity index (χ4v) is 3.84. The Labute approximate surface area is 152 Å². The Morgan fingerprint density at radius 2 is 2.12 bits per heavy atom. The summed E-state index contributed by atoms with van der Waals surface area (Å²) in [6.07, 6.45) is 0.879. The molecule has 0 radical (unpaired) electrons. The normalized spacial score (nSPS) is 18.2. The number of hydrogen-bond acceptors (Lipinski definition) is 6. The highest BCUT2D eigenvalue weighted by atomic mass is 32.1. The molecule has 3 heterocycles. The summed E-state index contributed by atoms with van der Waals surface area (Å²) in [5.74, 6) is 0.188. The van der Waals surface area contributed by atoms with E-state index < -0.39 is 11.9 Å². The van der Waals surface area contributed by atoms with Crippen LogP contribution in [0.1, 0.15) is 29.6 Å². The van der Waals surface area contributed by atoms with E-state index in [1.807, 2.05) is 0 Å². The molecule has 10 heteroatoms. The maximum Gasteiger partial charge on any atom is 0.434 e. The maximum absolute atomic E-state index is 12.5. The van der Waals surface area contributed by atoms with E-state index in [1.165, 1.54) is 24.5 Å². The lowest BCUT2D eigenvalue weighted by Crippen LogP contribution is -2.20. The summed E-state index contributed by atoms with van der Waals surface area (Å²) in [6.45, 7) is 3.94. The first-order valence-corrected chi connectivity index (χ1v) is 8.94. The first-order valence-electron chi connectivity index (χ1n) is 8.12. The van der Waals surface area contributed by atoms with Gasteiger partial charge >= 0.3 is 6.18 Å². The summed E-state index contributed by atoms with van der Waals surface area (Å²) in [5.41, 5.74) is -0.384. The SMILES string of the molecule is CC(=O)Nc1ncc(CN2CCC(Cc3cnc(C(F)(F)F)cn3)C2)s1. The average molecular weight is 385 g/mol. The number of aromatic nitrogens is 3. The van der Waals surface area contributed by atoms with Crippen molar-refractivity contribution in [2.24, 2.45) is 5.92 Å². The molecule has 2 aromatic rings. The number of anilines is 1. The van der Waals surface area contributed by atoms with E-state index in [1.54, 1.807) is 6.20 Å². The Kier molecular flexibility index (Phi) is 5.52. The monoisotopic (exact) mass is 385 g/mol. The van der Waals surface area contributed by atoms with E-state index in [0.717, 1.165) is 37.1 Å². The van der Waals surface area contributed by atoms with Gasteiger partial charge < -0.3 is 5.32 Å². The van der Waals surface area contributed by atoms with Gasteiger partial charge in [-0.25, -0.2) is 9.97 Å². The van der Waals surface area contributed by atoms with Crippen molar-refractivity contribution >= 4 is 22.4 Å². The van der Waals surface area contributed by atoms with Crippen LogP contribution in [0.5, 0.6) is 0 Å². The van der Waals surface area contributed by atoms with Gasteiger partial charge in [-0.05, 0) is 25.3 Å².